The Morgan fingerprint density at radius 2 is 2.26 bits per heavy atom. The summed E-state index contributed by atoms with van der Waals surface area (Å²) in [6.07, 6.45) is 5.10. The van der Waals surface area contributed by atoms with Gasteiger partial charge >= 0.3 is 0 Å². The van der Waals surface area contributed by atoms with E-state index in [1.165, 1.54) is 37.1 Å². The Kier molecular flexibility index (Phi) is 6.02. The SMILES string of the molecule is C#CCSCCNS(=O)(=O)c1ccc(N)cc1OC. The average molecular weight is 300 g/mol. The molecule has 0 saturated heterocycles. The summed E-state index contributed by atoms with van der Waals surface area (Å²) in [5.74, 6) is 3.87. The maximum absolute atomic E-state index is 12.1. The van der Waals surface area contributed by atoms with Gasteiger partial charge in [0.1, 0.15) is 10.6 Å². The highest BCUT2D eigenvalue weighted by molar-refractivity contribution is 7.99. The second kappa shape index (κ2) is 7.28. The number of methoxy groups -OCH3 is 1. The quantitative estimate of drug-likeness (QED) is 0.444. The van der Waals surface area contributed by atoms with E-state index >= 15 is 0 Å². The number of nitrogens with one attached hydrogen (secondary N) is 1. The number of thioether (sulfide) groups is 1. The van der Waals surface area contributed by atoms with Gasteiger partial charge in [-0.3, -0.25) is 0 Å². The van der Waals surface area contributed by atoms with Gasteiger partial charge in [0.05, 0.1) is 12.9 Å². The van der Waals surface area contributed by atoms with Gasteiger partial charge in [-0.15, -0.1) is 18.2 Å². The first-order valence-corrected chi connectivity index (χ1v) is 8.09. The Balaban J connectivity index is 2.75. The van der Waals surface area contributed by atoms with Gasteiger partial charge in [0.25, 0.3) is 0 Å². The van der Waals surface area contributed by atoms with Crippen LogP contribution in [0.3, 0.4) is 0 Å². The van der Waals surface area contributed by atoms with Gasteiger partial charge < -0.3 is 10.5 Å². The van der Waals surface area contributed by atoms with E-state index in [1.807, 2.05) is 0 Å². The fourth-order valence-corrected chi connectivity index (χ4v) is 3.18. The molecule has 0 amide bonds. The third kappa shape index (κ3) is 4.67. The number of nitrogens with two attached hydrogens (primary N) is 1. The second-order valence-electron chi connectivity index (χ2n) is 3.56. The number of rotatable bonds is 7. The van der Waals surface area contributed by atoms with E-state index in [0.717, 1.165) is 0 Å². The van der Waals surface area contributed by atoms with Crippen LogP contribution >= 0.6 is 11.8 Å². The maximum atomic E-state index is 12.1. The molecule has 0 aliphatic rings. The van der Waals surface area contributed by atoms with Gasteiger partial charge in [0.15, 0.2) is 0 Å². The van der Waals surface area contributed by atoms with Crippen molar-refractivity contribution < 1.29 is 13.2 Å². The highest BCUT2D eigenvalue weighted by atomic mass is 32.2. The van der Waals surface area contributed by atoms with Crippen LogP contribution in [0.4, 0.5) is 5.69 Å². The summed E-state index contributed by atoms with van der Waals surface area (Å²) in [5, 5.41) is 0. The molecule has 0 spiro atoms. The average Bonchev–Trinajstić information content (AvgIpc) is 2.38. The number of sulfonamides is 1. The van der Waals surface area contributed by atoms with Crippen LogP contribution in [0.15, 0.2) is 23.1 Å². The Morgan fingerprint density at radius 3 is 2.89 bits per heavy atom. The number of hydrogen-bond acceptors (Lipinski definition) is 5. The Hall–Kier alpha value is -1.36. The van der Waals surface area contributed by atoms with E-state index in [9.17, 15) is 8.42 Å². The Bertz CT molecular complexity index is 565. The van der Waals surface area contributed by atoms with Crippen LogP contribution in [-0.2, 0) is 10.0 Å². The number of benzene rings is 1. The number of ether oxygens (including phenoxy) is 1. The van der Waals surface area contributed by atoms with Crippen molar-refractivity contribution in [3.05, 3.63) is 18.2 Å². The lowest BCUT2D eigenvalue weighted by atomic mass is 10.3. The summed E-state index contributed by atoms with van der Waals surface area (Å²) in [7, 11) is -2.20. The molecule has 1 rings (SSSR count). The zero-order valence-electron chi connectivity index (χ0n) is 10.5. The molecule has 0 atom stereocenters. The van der Waals surface area contributed by atoms with E-state index < -0.39 is 10.0 Å². The number of terminal acetylenes is 1. The highest BCUT2D eigenvalue weighted by Crippen LogP contribution is 2.25. The molecule has 0 heterocycles. The van der Waals surface area contributed by atoms with Crippen LogP contribution in [0.2, 0.25) is 0 Å². The summed E-state index contributed by atoms with van der Waals surface area (Å²) in [5.41, 5.74) is 6.03. The molecule has 104 valence electrons. The largest absolute Gasteiger partial charge is 0.495 e. The molecule has 1 aromatic carbocycles. The predicted octanol–water partition coefficient (Wildman–Crippen LogP) is 0.922. The molecule has 3 N–H and O–H groups in total. The van der Waals surface area contributed by atoms with Gasteiger partial charge in [-0.25, -0.2) is 13.1 Å². The molecule has 0 radical (unpaired) electrons. The third-order valence-corrected chi connectivity index (χ3v) is 4.57. The minimum atomic E-state index is -3.60. The van der Waals surface area contributed by atoms with Crippen molar-refractivity contribution in [3.8, 4) is 18.1 Å². The molecule has 1 aromatic rings. The molecule has 5 nitrogen and oxygen atoms in total. The zero-order chi connectivity index (χ0) is 14.3. The Labute approximate surface area is 118 Å². The van der Waals surface area contributed by atoms with Crippen molar-refractivity contribution in [3.63, 3.8) is 0 Å². The predicted molar refractivity (Wildman–Crippen MR) is 78.8 cm³/mol. The molecular weight excluding hydrogens is 284 g/mol. The molecule has 0 aliphatic carbocycles. The van der Waals surface area contributed by atoms with Gasteiger partial charge in [0.2, 0.25) is 10.0 Å². The minimum Gasteiger partial charge on any atom is -0.495 e. The Morgan fingerprint density at radius 1 is 1.53 bits per heavy atom. The van der Waals surface area contributed by atoms with Crippen molar-refractivity contribution in [1.29, 1.82) is 0 Å². The van der Waals surface area contributed by atoms with Crippen LogP contribution < -0.4 is 15.2 Å². The van der Waals surface area contributed by atoms with Gasteiger partial charge in [-0.1, -0.05) is 5.92 Å². The molecule has 0 aliphatic heterocycles. The van der Waals surface area contributed by atoms with Gasteiger partial charge in [-0.05, 0) is 12.1 Å². The first-order valence-electron chi connectivity index (χ1n) is 5.45. The van der Waals surface area contributed by atoms with Crippen LogP contribution in [0, 0.1) is 12.3 Å². The number of nitrogen functional groups attached to an aromatic ring is 1. The van der Waals surface area contributed by atoms with E-state index in [4.69, 9.17) is 16.9 Å². The molecule has 0 fully saturated rings. The topological polar surface area (TPSA) is 81.4 Å². The van der Waals surface area contributed by atoms with Crippen LogP contribution in [0.5, 0.6) is 5.75 Å². The van der Waals surface area contributed by atoms with E-state index in [1.54, 1.807) is 0 Å². The highest BCUT2D eigenvalue weighted by Gasteiger charge is 2.18. The molecule has 0 bridgehead atoms. The number of hydrogen-bond donors (Lipinski definition) is 2. The van der Waals surface area contributed by atoms with E-state index in [-0.39, 0.29) is 10.6 Å². The molecule has 0 aromatic heterocycles. The molecule has 0 saturated carbocycles. The number of anilines is 1. The van der Waals surface area contributed by atoms with Crippen molar-refractivity contribution >= 4 is 27.5 Å². The van der Waals surface area contributed by atoms with Crippen LogP contribution in [0.25, 0.3) is 0 Å². The van der Waals surface area contributed by atoms with Gasteiger partial charge in [0, 0.05) is 24.1 Å². The smallest absolute Gasteiger partial charge is 0.244 e. The minimum absolute atomic E-state index is 0.0751. The summed E-state index contributed by atoms with van der Waals surface area (Å²) in [6.45, 7) is 0.308. The van der Waals surface area contributed by atoms with Crippen molar-refractivity contribution in [2.45, 2.75) is 4.90 Å². The standard InChI is InChI=1S/C12H16N2O3S2/c1-3-7-18-8-6-14-19(15,16)12-5-4-10(13)9-11(12)17-2/h1,4-5,9,14H,6-8,13H2,2H3. The maximum Gasteiger partial charge on any atom is 0.244 e. The normalized spacial score (nSPS) is 10.9. The van der Waals surface area contributed by atoms with E-state index in [2.05, 4.69) is 10.6 Å². The molecule has 19 heavy (non-hydrogen) atoms. The molecule has 0 unspecified atom stereocenters. The lowest BCUT2D eigenvalue weighted by Crippen LogP contribution is -2.26. The van der Waals surface area contributed by atoms with E-state index in [0.29, 0.717) is 23.7 Å². The first-order chi connectivity index (χ1) is 9.01. The third-order valence-electron chi connectivity index (χ3n) is 2.20. The summed E-state index contributed by atoms with van der Waals surface area (Å²) in [4.78, 5) is 0.0751. The second-order valence-corrected chi connectivity index (χ2v) is 6.41. The summed E-state index contributed by atoms with van der Waals surface area (Å²) in [6, 6.07) is 4.41. The zero-order valence-corrected chi connectivity index (χ0v) is 12.2. The van der Waals surface area contributed by atoms with Crippen LogP contribution in [-0.4, -0.2) is 33.6 Å². The lowest BCUT2D eigenvalue weighted by molar-refractivity contribution is 0.402. The first kappa shape index (κ1) is 15.7. The lowest BCUT2D eigenvalue weighted by Gasteiger charge is -2.11. The monoisotopic (exact) mass is 300 g/mol. The molecule has 7 heteroatoms. The van der Waals surface area contributed by atoms with Crippen molar-refractivity contribution in [2.24, 2.45) is 0 Å². The molecular formula is C12H16N2O3S2. The fraction of sp³-hybridized carbons (Fsp3) is 0.333. The summed E-state index contributed by atoms with van der Waals surface area (Å²) < 4.78 is 31.7. The van der Waals surface area contributed by atoms with Crippen molar-refractivity contribution in [2.75, 3.05) is 30.9 Å². The fourth-order valence-electron chi connectivity index (χ4n) is 1.36. The van der Waals surface area contributed by atoms with Gasteiger partial charge in [-0.2, -0.15) is 0 Å². The summed E-state index contributed by atoms with van der Waals surface area (Å²) >= 11 is 1.49. The van der Waals surface area contributed by atoms with Crippen molar-refractivity contribution in [1.82, 2.24) is 4.72 Å². The van der Waals surface area contributed by atoms with Crippen LogP contribution in [0.1, 0.15) is 0 Å².